The molecule has 0 radical (unpaired) electrons. The van der Waals surface area contributed by atoms with Crippen molar-refractivity contribution in [2.75, 3.05) is 39.0 Å². The molecule has 1 N–H and O–H groups in total. The van der Waals surface area contributed by atoms with Gasteiger partial charge in [0.2, 0.25) is 12.5 Å². The van der Waals surface area contributed by atoms with Gasteiger partial charge in [-0.25, -0.2) is 9.69 Å². The Kier molecular flexibility index (Phi) is 8.09. The van der Waals surface area contributed by atoms with Crippen molar-refractivity contribution in [1.82, 2.24) is 10.2 Å². The number of nitrogens with zero attached hydrogens (tertiary/aromatic N) is 2. The predicted octanol–water partition coefficient (Wildman–Crippen LogP) is 3.80. The third-order valence-corrected chi connectivity index (χ3v) is 6.83. The quantitative estimate of drug-likeness (QED) is 0.304. The van der Waals surface area contributed by atoms with E-state index in [9.17, 15) is 19.2 Å². The number of likely N-dealkylation sites (N-methyl/N-ethyl adjacent to an activating group) is 1. The number of carbonyl (C=O) groups is 4. The minimum Gasteiger partial charge on any atom is -0.494 e. The summed E-state index contributed by atoms with van der Waals surface area (Å²) in [4.78, 5) is 54.7. The number of hydrogen-bond acceptors (Lipinski definition) is 8. The van der Waals surface area contributed by atoms with Gasteiger partial charge >= 0.3 is 6.03 Å². The van der Waals surface area contributed by atoms with Gasteiger partial charge in [-0.1, -0.05) is 18.2 Å². The van der Waals surface area contributed by atoms with Gasteiger partial charge in [0.25, 0.3) is 17.7 Å². The third kappa shape index (κ3) is 5.49. The predicted molar refractivity (Wildman–Crippen MR) is 153 cm³/mol. The average Bonchev–Trinajstić information content (AvgIpc) is 3.47. The molecule has 0 unspecified atom stereocenters. The molecular weight excluding hydrogens is 542 g/mol. The summed E-state index contributed by atoms with van der Waals surface area (Å²) in [6, 6.07) is 16.1. The maximum absolute atomic E-state index is 13.6. The Bertz CT molecular complexity index is 1570. The van der Waals surface area contributed by atoms with Crippen molar-refractivity contribution in [2.24, 2.45) is 0 Å². The van der Waals surface area contributed by atoms with Crippen LogP contribution in [-0.2, 0) is 16.0 Å². The van der Waals surface area contributed by atoms with Crippen LogP contribution in [0.4, 0.5) is 10.5 Å². The monoisotopic (exact) mass is 571 g/mol. The highest BCUT2D eigenvalue weighted by Gasteiger charge is 2.38. The van der Waals surface area contributed by atoms with Crippen molar-refractivity contribution in [1.29, 1.82) is 0 Å². The fourth-order valence-electron chi connectivity index (χ4n) is 4.73. The number of barbiturate groups is 1. The zero-order chi connectivity index (χ0) is 29.8. The van der Waals surface area contributed by atoms with Gasteiger partial charge < -0.3 is 23.8 Å². The number of amides is 5. The molecule has 0 aromatic heterocycles. The molecule has 0 aliphatic carbocycles. The first kappa shape index (κ1) is 28.2. The number of benzene rings is 3. The summed E-state index contributed by atoms with van der Waals surface area (Å²) in [6.07, 6.45) is 1.71. The summed E-state index contributed by atoms with van der Waals surface area (Å²) >= 11 is 0. The lowest BCUT2D eigenvalue weighted by Crippen LogP contribution is -2.54. The number of nitrogens with one attached hydrogen (secondary N) is 1. The highest BCUT2D eigenvalue weighted by Crippen LogP contribution is 2.46. The number of methoxy groups -OCH3 is 1. The van der Waals surface area contributed by atoms with E-state index < -0.39 is 17.8 Å². The standard InChI is InChI=1S/C31H29N3O8/c1-4-40-22-12-10-21(11-13-22)34-30(37)24(28(35)32-31(34)38)17-23-20(16-25-27(26(23)39-3)42-18-41-25)14-15-33(2)29(36)19-8-6-5-7-9-19/h5-13,16-17H,4,14-15,18H2,1-3H3,(H,32,35,38). The molecule has 42 heavy (non-hydrogen) atoms. The molecule has 11 heteroatoms. The van der Waals surface area contributed by atoms with Crippen molar-refractivity contribution >= 4 is 35.5 Å². The lowest BCUT2D eigenvalue weighted by Gasteiger charge is -2.27. The topological polar surface area (TPSA) is 124 Å². The number of urea groups is 1. The lowest BCUT2D eigenvalue weighted by atomic mass is 9.97. The molecule has 0 bridgehead atoms. The van der Waals surface area contributed by atoms with E-state index in [-0.39, 0.29) is 29.7 Å². The van der Waals surface area contributed by atoms with Crippen LogP contribution in [0.2, 0.25) is 0 Å². The van der Waals surface area contributed by atoms with Crippen molar-refractivity contribution < 1.29 is 38.1 Å². The van der Waals surface area contributed by atoms with Crippen molar-refractivity contribution in [2.45, 2.75) is 13.3 Å². The molecule has 5 amide bonds. The van der Waals surface area contributed by atoms with Crippen LogP contribution in [0.25, 0.3) is 6.08 Å². The number of hydrogen-bond donors (Lipinski definition) is 1. The highest BCUT2D eigenvalue weighted by molar-refractivity contribution is 6.39. The maximum atomic E-state index is 13.6. The Balaban J connectivity index is 1.50. The van der Waals surface area contributed by atoms with E-state index in [0.717, 1.165) is 4.90 Å². The minimum atomic E-state index is -0.870. The molecule has 3 aromatic rings. The number of fused-ring (bicyclic) bond motifs is 1. The van der Waals surface area contributed by atoms with E-state index in [1.165, 1.54) is 13.2 Å². The number of ether oxygens (including phenoxy) is 4. The summed E-state index contributed by atoms with van der Waals surface area (Å²) in [6.45, 7) is 2.58. The Morgan fingerprint density at radius 1 is 1.07 bits per heavy atom. The average molecular weight is 572 g/mol. The second-order valence-corrected chi connectivity index (χ2v) is 9.44. The van der Waals surface area contributed by atoms with Crippen molar-refractivity contribution in [3.63, 3.8) is 0 Å². The molecule has 2 heterocycles. The zero-order valence-electron chi connectivity index (χ0n) is 23.3. The summed E-state index contributed by atoms with van der Waals surface area (Å²) in [5.74, 6) is -0.228. The second-order valence-electron chi connectivity index (χ2n) is 9.44. The summed E-state index contributed by atoms with van der Waals surface area (Å²) in [5.41, 5.74) is 1.56. The van der Waals surface area contributed by atoms with Gasteiger partial charge in [-0.15, -0.1) is 0 Å². The molecule has 3 aromatic carbocycles. The number of anilines is 1. The molecule has 5 rings (SSSR count). The first-order chi connectivity index (χ1) is 20.3. The zero-order valence-corrected chi connectivity index (χ0v) is 23.3. The normalized spacial score (nSPS) is 15.1. The highest BCUT2D eigenvalue weighted by atomic mass is 16.7. The Morgan fingerprint density at radius 2 is 1.81 bits per heavy atom. The second kappa shape index (κ2) is 12.0. The first-order valence-electron chi connectivity index (χ1n) is 13.3. The summed E-state index contributed by atoms with van der Waals surface area (Å²) < 4.78 is 22.3. The van der Waals surface area contributed by atoms with Crippen LogP contribution < -0.4 is 29.2 Å². The molecular formula is C31H29N3O8. The number of carbonyl (C=O) groups excluding carboxylic acids is 4. The number of rotatable bonds is 9. The van der Waals surface area contributed by atoms with Crippen LogP contribution in [0, 0.1) is 0 Å². The third-order valence-electron chi connectivity index (χ3n) is 6.83. The van der Waals surface area contributed by atoms with Gasteiger partial charge in [0.05, 0.1) is 19.4 Å². The molecule has 11 nitrogen and oxygen atoms in total. The van der Waals surface area contributed by atoms with E-state index >= 15 is 0 Å². The Morgan fingerprint density at radius 3 is 2.50 bits per heavy atom. The van der Waals surface area contributed by atoms with Gasteiger partial charge in [-0.2, -0.15) is 0 Å². The molecule has 1 fully saturated rings. The van der Waals surface area contributed by atoms with Gasteiger partial charge in [-0.05, 0) is 67.4 Å². The maximum Gasteiger partial charge on any atom is 0.335 e. The molecule has 2 aliphatic heterocycles. The van der Waals surface area contributed by atoms with Crippen LogP contribution in [0.3, 0.4) is 0 Å². The molecule has 1 saturated heterocycles. The summed E-state index contributed by atoms with van der Waals surface area (Å²) in [7, 11) is 3.13. The van der Waals surface area contributed by atoms with Gasteiger partial charge in [0, 0.05) is 24.7 Å². The van der Waals surface area contributed by atoms with E-state index in [1.807, 2.05) is 13.0 Å². The molecule has 216 valence electrons. The SMILES string of the molecule is CCOc1ccc(N2C(=O)NC(=O)C(=Cc3c(CCN(C)C(=O)c4ccccc4)cc4c(c3OC)OCO4)C2=O)cc1. The van der Waals surface area contributed by atoms with Crippen LogP contribution in [0.15, 0.2) is 66.2 Å². The smallest absolute Gasteiger partial charge is 0.335 e. The Hall–Kier alpha value is -5.32. The van der Waals surface area contributed by atoms with E-state index in [0.29, 0.717) is 53.5 Å². The van der Waals surface area contributed by atoms with E-state index in [1.54, 1.807) is 66.5 Å². The van der Waals surface area contributed by atoms with Gasteiger partial charge in [0.1, 0.15) is 11.3 Å². The van der Waals surface area contributed by atoms with Crippen LogP contribution >= 0.6 is 0 Å². The van der Waals surface area contributed by atoms with Crippen molar-refractivity contribution in [3.05, 3.63) is 82.9 Å². The van der Waals surface area contributed by atoms with Crippen LogP contribution in [-0.4, -0.2) is 62.8 Å². The lowest BCUT2D eigenvalue weighted by molar-refractivity contribution is -0.122. The minimum absolute atomic E-state index is 0.0308. The van der Waals surface area contributed by atoms with E-state index in [4.69, 9.17) is 18.9 Å². The molecule has 0 atom stereocenters. The summed E-state index contributed by atoms with van der Waals surface area (Å²) in [5, 5.41) is 2.24. The van der Waals surface area contributed by atoms with Gasteiger partial charge in [-0.3, -0.25) is 19.7 Å². The molecule has 0 spiro atoms. The van der Waals surface area contributed by atoms with Crippen molar-refractivity contribution in [3.8, 4) is 23.0 Å². The number of imide groups is 2. The molecule has 2 aliphatic rings. The fourth-order valence-corrected chi connectivity index (χ4v) is 4.73. The molecule has 0 saturated carbocycles. The van der Waals surface area contributed by atoms with Crippen LogP contribution in [0.5, 0.6) is 23.0 Å². The largest absolute Gasteiger partial charge is 0.494 e. The van der Waals surface area contributed by atoms with Crippen LogP contribution in [0.1, 0.15) is 28.4 Å². The van der Waals surface area contributed by atoms with Gasteiger partial charge in [0.15, 0.2) is 11.5 Å². The van der Waals surface area contributed by atoms with E-state index in [2.05, 4.69) is 5.32 Å². The fraction of sp³-hybridized carbons (Fsp3) is 0.226. The Labute approximate surface area is 242 Å². The first-order valence-corrected chi connectivity index (χ1v) is 13.3.